The maximum atomic E-state index is 13.5. The van der Waals surface area contributed by atoms with Crippen LogP contribution >= 0.6 is 34.8 Å². The Hall–Kier alpha value is -3.51. The zero-order valence-corrected chi connectivity index (χ0v) is 25.1. The smallest absolute Gasteiger partial charge is 0.434 e. The molecule has 0 aliphatic heterocycles. The number of nitrogens with zero attached hydrogens (tertiary/aromatic N) is 3. The first-order chi connectivity index (χ1) is 21.0. The number of pyridine rings is 1. The molecular formula is C30H25Cl3F3N3O5. The second-order valence-corrected chi connectivity index (χ2v) is 11.3. The molecule has 0 spiro atoms. The summed E-state index contributed by atoms with van der Waals surface area (Å²) < 4.78 is 52.2. The SMILES string of the molecule is O=C(O)c1ccc(N(CCO)CCc2ccc(OCc3c(-c4c(Cl)cccc4Cl)noc3C3CC3)cc2Cl)nc1C(F)(F)F. The maximum absolute atomic E-state index is 13.5. The number of ether oxygens (including phenoxy) is 1. The Morgan fingerprint density at radius 3 is 2.39 bits per heavy atom. The van der Waals surface area contributed by atoms with Crippen molar-refractivity contribution in [1.29, 1.82) is 0 Å². The topological polar surface area (TPSA) is 109 Å². The molecule has 8 nitrogen and oxygen atoms in total. The van der Waals surface area contributed by atoms with Gasteiger partial charge in [-0.3, -0.25) is 0 Å². The van der Waals surface area contributed by atoms with Gasteiger partial charge in [-0.25, -0.2) is 9.78 Å². The summed E-state index contributed by atoms with van der Waals surface area (Å²) in [6, 6.07) is 12.3. The summed E-state index contributed by atoms with van der Waals surface area (Å²) in [6.45, 7) is -0.136. The van der Waals surface area contributed by atoms with Crippen LogP contribution in [0.25, 0.3) is 11.3 Å². The van der Waals surface area contributed by atoms with Gasteiger partial charge in [-0.1, -0.05) is 52.1 Å². The van der Waals surface area contributed by atoms with Crippen molar-refractivity contribution >= 4 is 46.6 Å². The molecule has 1 aliphatic rings. The Kier molecular flexibility index (Phi) is 9.59. The van der Waals surface area contributed by atoms with E-state index in [1.807, 2.05) is 0 Å². The van der Waals surface area contributed by atoms with Gasteiger partial charge in [0.15, 0.2) is 5.69 Å². The molecule has 0 atom stereocenters. The highest BCUT2D eigenvalue weighted by Crippen LogP contribution is 2.46. The quantitative estimate of drug-likeness (QED) is 0.157. The summed E-state index contributed by atoms with van der Waals surface area (Å²) in [7, 11) is 0. The van der Waals surface area contributed by atoms with E-state index in [1.165, 1.54) is 11.0 Å². The van der Waals surface area contributed by atoms with Crippen LogP contribution in [-0.2, 0) is 19.2 Å². The summed E-state index contributed by atoms with van der Waals surface area (Å²) in [5.41, 5.74) is 0.00603. The minimum Gasteiger partial charge on any atom is -0.489 e. The van der Waals surface area contributed by atoms with Crippen LogP contribution in [0.5, 0.6) is 5.75 Å². The van der Waals surface area contributed by atoms with Crippen molar-refractivity contribution in [2.24, 2.45) is 0 Å². The molecule has 14 heteroatoms. The normalized spacial score (nSPS) is 13.2. The van der Waals surface area contributed by atoms with Crippen LogP contribution in [0.3, 0.4) is 0 Å². The third-order valence-electron chi connectivity index (χ3n) is 7.10. The van der Waals surface area contributed by atoms with Crippen LogP contribution in [0.4, 0.5) is 19.0 Å². The van der Waals surface area contributed by atoms with E-state index in [0.717, 1.165) is 30.2 Å². The summed E-state index contributed by atoms with van der Waals surface area (Å²) in [5.74, 6) is -0.434. The first-order valence-corrected chi connectivity index (χ1v) is 14.6. The number of aliphatic hydroxyl groups excluding tert-OH is 1. The molecule has 2 heterocycles. The Labute approximate surface area is 264 Å². The highest BCUT2D eigenvalue weighted by Gasteiger charge is 2.38. The van der Waals surface area contributed by atoms with Crippen molar-refractivity contribution in [2.45, 2.75) is 38.0 Å². The van der Waals surface area contributed by atoms with Gasteiger partial charge in [0.1, 0.15) is 29.6 Å². The van der Waals surface area contributed by atoms with Crippen LogP contribution in [0.15, 0.2) is 53.1 Å². The number of carbonyl (C=O) groups is 1. The lowest BCUT2D eigenvalue weighted by Gasteiger charge is -2.24. The average Bonchev–Trinajstić information content (AvgIpc) is 3.74. The van der Waals surface area contributed by atoms with Gasteiger partial charge in [0, 0.05) is 29.6 Å². The molecule has 232 valence electrons. The second-order valence-electron chi connectivity index (χ2n) is 10.1. The predicted molar refractivity (Wildman–Crippen MR) is 159 cm³/mol. The van der Waals surface area contributed by atoms with Gasteiger partial charge < -0.3 is 24.4 Å². The fraction of sp³-hybridized carbons (Fsp3) is 0.300. The van der Waals surface area contributed by atoms with Crippen LogP contribution in [-0.4, -0.2) is 46.0 Å². The van der Waals surface area contributed by atoms with Crippen LogP contribution < -0.4 is 9.64 Å². The number of benzene rings is 2. The number of aliphatic hydroxyl groups is 1. The highest BCUT2D eigenvalue weighted by molar-refractivity contribution is 6.39. The molecule has 5 rings (SSSR count). The lowest BCUT2D eigenvalue weighted by molar-refractivity contribution is -0.141. The first kappa shape index (κ1) is 31.9. The molecule has 2 aromatic heterocycles. The number of hydrogen-bond acceptors (Lipinski definition) is 7. The molecule has 1 saturated carbocycles. The monoisotopic (exact) mass is 669 g/mol. The minimum atomic E-state index is -4.97. The van der Waals surface area contributed by atoms with E-state index >= 15 is 0 Å². The molecule has 0 saturated heterocycles. The minimum absolute atomic E-state index is 0.0324. The molecule has 44 heavy (non-hydrogen) atoms. The van der Waals surface area contributed by atoms with Crippen molar-refractivity contribution in [1.82, 2.24) is 10.1 Å². The van der Waals surface area contributed by atoms with Crippen molar-refractivity contribution in [3.8, 4) is 17.0 Å². The number of carboxylic acids is 1. The van der Waals surface area contributed by atoms with Gasteiger partial charge in [0.25, 0.3) is 0 Å². The number of aromatic carboxylic acids is 1. The number of anilines is 1. The fourth-order valence-electron chi connectivity index (χ4n) is 4.75. The van der Waals surface area contributed by atoms with E-state index in [2.05, 4.69) is 10.1 Å². The van der Waals surface area contributed by atoms with E-state index in [-0.39, 0.29) is 44.5 Å². The lowest BCUT2D eigenvalue weighted by atomic mass is 10.0. The Balaban J connectivity index is 1.31. The summed E-state index contributed by atoms with van der Waals surface area (Å²) in [4.78, 5) is 16.3. The third-order valence-corrected chi connectivity index (χ3v) is 8.08. The molecule has 2 N–H and O–H groups in total. The van der Waals surface area contributed by atoms with Crippen LogP contribution in [0, 0.1) is 0 Å². The van der Waals surface area contributed by atoms with Gasteiger partial charge >= 0.3 is 12.1 Å². The van der Waals surface area contributed by atoms with E-state index in [4.69, 9.17) is 49.2 Å². The van der Waals surface area contributed by atoms with Crippen LogP contribution in [0.1, 0.15) is 51.7 Å². The Morgan fingerprint density at radius 1 is 1.05 bits per heavy atom. The molecule has 1 aliphatic carbocycles. The number of aromatic nitrogens is 2. The first-order valence-electron chi connectivity index (χ1n) is 13.5. The van der Waals surface area contributed by atoms with Gasteiger partial charge in [-0.15, -0.1) is 0 Å². The van der Waals surface area contributed by atoms with Crippen molar-refractivity contribution in [3.05, 3.63) is 91.7 Å². The number of hydrogen-bond donors (Lipinski definition) is 2. The molecule has 0 amide bonds. The average molecular weight is 671 g/mol. The zero-order chi connectivity index (χ0) is 31.6. The molecule has 0 unspecified atom stereocenters. The zero-order valence-electron chi connectivity index (χ0n) is 22.9. The highest BCUT2D eigenvalue weighted by atomic mass is 35.5. The molecule has 0 radical (unpaired) electrons. The van der Waals surface area contributed by atoms with Gasteiger partial charge in [0.2, 0.25) is 0 Å². The summed E-state index contributed by atoms with van der Waals surface area (Å²) in [5, 5.41) is 24.1. The van der Waals surface area contributed by atoms with Gasteiger partial charge in [0.05, 0.1) is 27.8 Å². The molecule has 4 aromatic rings. The molecular weight excluding hydrogens is 646 g/mol. The van der Waals surface area contributed by atoms with Crippen LogP contribution in [0.2, 0.25) is 15.1 Å². The van der Waals surface area contributed by atoms with Crippen molar-refractivity contribution in [3.63, 3.8) is 0 Å². The van der Waals surface area contributed by atoms with E-state index in [1.54, 1.807) is 36.4 Å². The maximum Gasteiger partial charge on any atom is 0.434 e. The van der Waals surface area contributed by atoms with Gasteiger partial charge in [-0.2, -0.15) is 13.2 Å². The predicted octanol–water partition coefficient (Wildman–Crippen LogP) is 7.91. The molecule has 0 bridgehead atoms. The summed E-state index contributed by atoms with van der Waals surface area (Å²) in [6.07, 6.45) is -2.74. The van der Waals surface area contributed by atoms with E-state index in [0.29, 0.717) is 37.6 Å². The summed E-state index contributed by atoms with van der Waals surface area (Å²) >= 11 is 19.4. The number of alkyl halides is 3. The number of carboxylic acid groups (broad SMARTS) is 1. The number of halogens is 6. The van der Waals surface area contributed by atoms with Crippen molar-refractivity contribution in [2.75, 3.05) is 24.6 Å². The number of rotatable bonds is 12. The molecule has 2 aromatic carbocycles. The second kappa shape index (κ2) is 13.2. The third kappa shape index (κ3) is 7.07. The lowest BCUT2D eigenvalue weighted by Crippen LogP contribution is -2.31. The van der Waals surface area contributed by atoms with Crippen molar-refractivity contribution < 1.29 is 37.4 Å². The molecule has 1 fully saturated rings. The fourth-order valence-corrected chi connectivity index (χ4v) is 5.60. The Bertz CT molecular complexity index is 1660. The van der Waals surface area contributed by atoms with E-state index < -0.39 is 23.4 Å². The largest absolute Gasteiger partial charge is 0.489 e. The Morgan fingerprint density at radius 2 is 1.77 bits per heavy atom. The van der Waals surface area contributed by atoms with E-state index in [9.17, 15) is 23.1 Å². The van der Waals surface area contributed by atoms with Gasteiger partial charge in [-0.05, 0) is 61.2 Å². The standard InChI is InChI=1S/C30H25Cl3F3N3O5/c31-21-2-1-3-22(32)25(21)26-20(27(44-38-26)17-4-5-17)15-43-18-7-6-16(23(33)14-18)10-11-39(12-13-40)24-9-8-19(29(41)42)28(37-24)30(34,35)36/h1-3,6-9,14,17,40H,4-5,10-13,15H2,(H,41,42).